The Morgan fingerprint density at radius 1 is 1.24 bits per heavy atom. The highest BCUT2D eigenvalue weighted by molar-refractivity contribution is 7.93. The molecule has 1 atom stereocenters. The number of hydrogen-bond donors (Lipinski definition) is 1. The molecule has 1 N–H and O–H groups in total. The number of unbranched alkanes of at least 4 members (excludes halogenated alkanes) is 1. The number of hydrogen-bond acceptors (Lipinski definition) is 7. The van der Waals surface area contributed by atoms with Gasteiger partial charge in [0, 0.05) is 26.5 Å². The van der Waals surface area contributed by atoms with Gasteiger partial charge in [-0.2, -0.15) is 0 Å². The average Bonchev–Trinajstić information content (AvgIpc) is 2.96. The summed E-state index contributed by atoms with van der Waals surface area (Å²) in [5.41, 5.74) is 0.193. The van der Waals surface area contributed by atoms with Crippen molar-refractivity contribution in [1.82, 2.24) is 15.3 Å². The SMILES string of the molecule is COCCCCNC(=O)c1cccc(C2N(c3ccccn3)C(=O)CS2(=O)=O)n1. The van der Waals surface area contributed by atoms with Crippen molar-refractivity contribution in [2.75, 3.05) is 30.9 Å². The van der Waals surface area contributed by atoms with Gasteiger partial charge in [0.2, 0.25) is 5.91 Å². The number of carbonyl (C=O) groups is 2. The lowest BCUT2D eigenvalue weighted by atomic mass is 10.2. The first-order valence-electron chi connectivity index (χ1n) is 9.13. The van der Waals surface area contributed by atoms with E-state index in [1.165, 1.54) is 18.3 Å². The first kappa shape index (κ1) is 20.9. The van der Waals surface area contributed by atoms with Crippen molar-refractivity contribution in [3.63, 3.8) is 0 Å². The van der Waals surface area contributed by atoms with Crippen LogP contribution in [0.2, 0.25) is 0 Å². The van der Waals surface area contributed by atoms with Gasteiger partial charge in [0.05, 0.1) is 5.69 Å². The zero-order chi connectivity index (χ0) is 20.9. The summed E-state index contributed by atoms with van der Waals surface area (Å²) < 4.78 is 30.3. The molecule has 0 aromatic carbocycles. The van der Waals surface area contributed by atoms with E-state index in [1.54, 1.807) is 31.4 Å². The summed E-state index contributed by atoms with van der Waals surface area (Å²) in [6.45, 7) is 1.06. The van der Waals surface area contributed by atoms with E-state index >= 15 is 0 Å². The minimum atomic E-state index is -3.83. The summed E-state index contributed by atoms with van der Waals surface area (Å²) in [7, 11) is -2.21. The van der Waals surface area contributed by atoms with E-state index in [0.29, 0.717) is 13.2 Å². The predicted molar refractivity (Wildman–Crippen MR) is 106 cm³/mol. The van der Waals surface area contributed by atoms with Crippen LogP contribution in [0.5, 0.6) is 0 Å². The van der Waals surface area contributed by atoms with Crippen LogP contribution in [0.1, 0.15) is 34.4 Å². The Morgan fingerprint density at radius 3 is 2.79 bits per heavy atom. The van der Waals surface area contributed by atoms with Gasteiger partial charge in [0.1, 0.15) is 17.3 Å². The monoisotopic (exact) mass is 418 g/mol. The number of anilines is 1. The lowest BCUT2D eigenvalue weighted by Gasteiger charge is -2.22. The summed E-state index contributed by atoms with van der Waals surface area (Å²) in [6, 6.07) is 9.44. The van der Waals surface area contributed by atoms with Crippen molar-refractivity contribution in [1.29, 1.82) is 0 Å². The second-order valence-electron chi connectivity index (χ2n) is 6.51. The lowest BCUT2D eigenvalue weighted by Crippen LogP contribution is -2.31. The molecule has 0 saturated carbocycles. The smallest absolute Gasteiger partial charge is 0.269 e. The highest BCUT2D eigenvalue weighted by Gasteiger charge is 2.47. The molecule has 29 heavy (non-hydrogen) atoms. The van der Waals surface area contributed by atoms with E-state index in [4.69, 9.17) is 4.74 Å². The fourth-order valence-electron chi connectivity index (χ4n) is 3.05. The molecule has 0 radical (unpaired) electrons. The van der Waals surface area contributed by atoms with Crippen molar-refractivity contribution in [3.05, 3.63) is 54.0 Å². The Kier molecular flexibility index (Phi) is 6.55. The molecule has 1 fully saturated rings. The number of sulfone groups is 1. The molecule has 1 aliphatic heterocycles. The normalized spacial score (nSPS) is 18.0. The molecule has 3 heterocycles. The van der Waals surface area contributed by atoms with Crippen molar-refractivity contribution in [2.24, 2.45) is 0 Å². The Labute approximate surface area is 169 Å². The van der Waals surface area contributed by atoms with Gasteiger partial charge in [0.25, 0.3) is 5.91 Å². The Morgan fingerprint density at radius 2 is 2.07 bits per heavy atom. The van der Waals surface area contributed by atoms with E-state index in [2.05, 4.69) is 15.3 Å². The van der Waals surface area contributed by atoms with Gasteiger partial charge in [-0.3, -0.25) is 14.5 Å². The van der Waals surface area contributed by atoms with Crippen LogP contribution in [0.3, 0.4) is 0 Å². The summed E-state index contributed by atoms with van der Waals surface area (Å²) >= 11 is 0. The molecule has 1 aliphatic rings. The van der Waals surface area contributed by atoms with E-state index in [1.807, 2.05) is 0 Å². The third-order valence-corrected chi connectivity index (χ3v) is 6.16. The van der Waals surface area contributed by atoms with E-state index in [-0.39, 0.29) is 17.2 Å². The van der Waals surface area contributed by atoms with Crippen LogP contribution in [0.25, 0.3) is 0 Å². The zero-order valence-corrected chi connectivity index (χ0v) is 16.8. The highest BCUT2D eigenvalue weighted by atomic mass is 32.2. The van der Waals surface area contributed by atoms with Gasteiger partial charge >= 0.3 is 0 Å². The number of nitrogens with one attached hydrogen (secondary N) is 1. The van der Waals surface area contributed by atoms with Gasteiger partial charge in [0.15, 0.2) is 15.2 Å². The summed E-state index contributed by atoms with van der Waals surface area (Å²) in [5.74, 6) is -1.40. The number of carbonyl (C=O) groups excluding carboxylic acids is 2. The maximum absolute atomic E-state index is 12.7. The second-order valence-corrected chi connectivity index (χ2v) is 8.58. The Balaban J connectivity index is 1.84. The maximum atomic E-state index is 12.7. The highest BCUT2D eigenvalue weighted by Crippen LogP contribution is 2.35. The minimum absolute atomic E-state index is 0.0877. The van der Waals surface area contributed by atoms with Crippen molar-refractivity contribution >= 4 is 27.5 Å². The van der Waals surface area contributed by atoms with Gasteiger partial charge in [-0.15, -0.1) is 0 Å². The third kappa shape index (κ3) is 4.77. The lowest BCUT2D eigenvalue weighted by molar-refractivity contribution is -0.115. The fraction of sp³-hybridized carbons (Fsp3) is 0.368. The molecular formula is C19H22N4O5S. The van der Waals surface area contributed by atoms with Gasteiger partial charge in [-0.1, -0.05) is 12.1 Å². The molecule has 1 saturated heterocycles. The molecule has 0 bridgehead atoms. The first-order chi connectivity index (χ1) is 13.9. The number of nitrogens with zero attached hydrogens (tertiary/aromatic N) is 3. The molecule has 9 nitrogen and oxygen atoms in total. The van der Waals surface area contributed by atoms with Gasteiger partial charge in [-0.05, 0) is 37.1 Å². The molecule has 2 amide bonds. The molecule has 0 spiro atoms. The summed E-state index contributed by atoms with van der Waals surface area (Å²) in [6.07, 6.45) is 3.04. The van der Waals surface area contributed by atoms with Crippen LogP contribution in [0.4, 0.5) is 5.82 Å². The topological polar surface area (TPSA) is 119 Å². The largest absolute Gasteiger partial charge is 0.385 e. The number of pyridine rings is 2. The minimum Gasteiger partial charge on any atom is -0.385 e. The molecule has 154 valence electrons. The van der Waals surface area contributed by atoms with Gasteiger partial charge < -0.3 is 10.1 Å². The third-order valence-electron chi connectivity index (χ3n) is 4.38. The van der Waals surface area contributed by atoms with E-state index in [0.717, 1.165) is 17.7 Å². The van der Waals surface area contributed by atoms with Crippen LogP contribution in [-0.4, -0.2) is 56.2 Å². The molecule has 3 rings (SSSR count). The Hall–Kier alpha value is -2.85. The standard InChI is InChI=1S/C19H22N4O5S/c1-28-12-5-4-11-21-18(25)14-7-6-8-15(22-14)19-23(16-9-2-3-10-20-16)17(24)13-29(19,26)27/h2-3,6-10,19H,4-5,11-13H2,1H3,(H,21,25). The predicted octanol–water partition coefficient (Wildman–Crippen LogP) is 1.09. The van der Waals surface area contributed by atoms with E-state index in [9.17, 15) is 18.0 Å². The number of rotatable bonds is 8. The molecule has 0 aliphatic carbocycles. The summed E-state index contributed by atoms with van der Waals surface area (Å²) in [4.78, 5) is 34.2. The van der Waals surface area contributed by atoms with E-state index < -0.39 is 32.8 Å². The molecule has 2 aromatic rings. The van der Waals surface area contributed by atoms with Crippen LogP contribution in [0, 0.1) is 0 Å². The second kappa shape index (κ2) is 9.10. The van der Waals surface area contributed by atoms with Crippen LogP contribution >= 0.6 is 0 Å². The molecular weight excluding hydrogens is 396 g/mol. The van der Waals surface area contributed by atoms with Crippen molar-refractivity contribution in [2.45, 2.75) is 18.2 Å². The van der Waals surface area contributed by atoms with Crippen LogP contribution in [-0.2, 0) is 19.4 Å². The van der Waals surface area contributed by atoms with Gasteiger partial charge in [-0.25, -0.2) is 18.4 Å². The van der Waals surface area contributed by atoms with Crippen molar-refractivity contribution in [3.8, 4) is 0 Å². The quantitative estimate of drug-likeness (QED) is 0.638. The van der Waals surface area contributed by atoms with Crippen LogP contribution in [0.15, 0.2) is 42.6 Å². The molecule has 1 unspecified atom stereocenters. The first-order valence-corrected chi connectivity index (χ1v) is 10.8. The number of methoxy groups -OCH3 is 1. The average molecular weight is 418 g/mol. The van der Waals surface area contributed by atoms with Crippen molar-refractivity contribution < 1.29 is 22.7 Å². The Bertz CT molecular complexity index is 981. The molecule has 10 heteroatoms. The number of amides is 2. The fourth-order valence-corrected chi connectivity index (χ4v) is 4.74. The molecule has 2 aromatic heterocycles. The maximum Gasteiger partial charge on any atom is 0.269 e. The zero-order valence-electron chi connectivity index (χ0n) is 15.9. The van der Waals surface area contributed by atoms with Crippen LogP contribution < -0.4 is 10.2 Å². The number of aromatic nitrogens is 2. The number of ether oxygens (including phenoxy) is 1. The summed E-state index contributed by atoms with van der Waals surface area (Å²) in [5, 5.41) is 1.43.